The molecule has 1 N–H and O–H groups in total. The molecule has 23 heavy (non-hydrogen) atoms. The molecule has 2 heterocycles. The summed E-state index contributed by atoms with van der Waals surface area (Å²) in [4.78, 5) is 20.1. The number of anilines is 1. The fourth-order valence-corrected chi connectivity index (χ4v) is 2.23. The number of amides is 1. The van der Waals surface area contributed by atoms with E-state index in [0.29, 0.717) is 24.5 Å². The highest BCUT2D eigenvalue weighted by Crippen LogP contribution is 2.28. The number of nitrogens with one attached hydrogen (secondary N) is 1. The second-order valence-corrected chi connectivity index (χ2v) is 5.10. The summed E-state index contributed by atoms with van der Waals surface area (Å²) in [5.74, 6) is 0.627. The number of nitrogens with zero attached hydrogens (tertiary/aromatic N) is 2. The Bertz CT molecular complexity index is 819. The molecule has 1 aromatic carbocycles. The lowest BCUT2D eigenvalue weighted by atomic mass is 10.1. The quantitative estimate of drug-likeness (QED) is 0.783. The predicted molar refractivity (Wildman–Crippen MR) is 89.2 cm³/mol. The van der Waals surface area contributed by atoms with Crippen LogP contribution in [0.4, 0.5) is 5.69 Å². The first-order chi connectivity index (χ1) is 11.3. The van der Waals surface area contributed by atoms with E-state index >= 15 is 0 Å². The molecular formula is C18H17N3O2. The normalized spacial score (nSPS) is 10.5. The molecule has 5 nitrogen and oxygen atoms in total. The topological polar surface area (TPSA) is 64.1 Å². The number of rotatable bonds is 5. The molecule has 1 amide bonds. The highest BCUT2D eigenvalue weighted by Gasteiger charge is 2.09. The van der Waals surface area contributed by atoms with Crippen LogP contribution in [0.25, 0.3) is 10.9 Å². The summed E-state index contributed by atoms with van der Waals surface area (Å²) in [6.45, 7) is 2.23. The summed E-state index contributed by atoms with van der Waals surface area (Å²) < 4.78 is 5.84. The van der Waals surface area contributed by atoms with E-state index in [1.165, 1.54) is 0 Å². The van der Waals surface area contributed by atoms with E-state index in [9.17, 15) is 4.79 Å². The number of benzene rings is 1. The van der Waals surface area contributed by atoms with E-state index in [2.05, 4.69) is 15.3 Å². The van der Waals surface area contributed by atoms with Gasteiger partial charge in [0.15, 0.2) is 0 Å². The van der Waals surface area contributed by atoms with Crippen molar-refractivity contribution in [2.24, 2.45) is 0 Å². The second kappa shape index (κ2) is 6.87. The third-order valence-electron chi connectivity index (χ3n) is 3.40. The Balaban J connectivity index is 1.89. The van der Waals surface area contributed by atoms with E-state index in [4.69, 9.17) is 4.74 Å². The average Bonchev–Trinajstić information content (AvgIpc) is 2.60. The Hall–Kier alpha value is -2.95. The van der Waals surface area contributed by atoms with Crippen molar-refractivity contribution in [3.05, 3.63) is 60.6 Å². The average molecular weight is 307 g/mol. The molecule has 0 unspecified atom stereocenters. The summed E-state index contributed by atoms with van der Waals surface area (Å²) in [7, 11) is 0. The number of fused-ring (bicyclic) bond motifs is 1. The molecule has 0 saturated carbocycles. The Morgan fingerprint density at radius 2 is 2.09 bits per heavy atom. The molecule has 0 radical (unpaired) electrons. The molecule has 116 valence electrons. The number of hydrogen-bond donors (Lipinski definition) is 1. The minimum Gasteiger partial charge on any atom is -0.489 e. The number of carbonyl (C=O) groups is 1. The lowest BCUT2D eigenvalue weighted by Crippen LogP contribution is -2.10. The first-order valence-electron chi connectivity index (χ1n) is 7.46. The summed E-state index contributed by atoms with van der Waals surface area (Å²) in [6.07, 6.45) is 5.61. The largest absolute Gasteiger partial charge is 0.489 e. The SMILES string of the molecule is CCC(=O)Nc1cc(OCc2cccnc2)cc2cccnc12. The molecule has 5 heteroatoms. The second-order valence-electron chi connectivity index (χ2n) is 5.10. The number of carbonyl (C=O) groups excluding carboxylic acids is 1. The maximum Gasteiger partial charge on any atom is 0.224 e. The summed E-state index contributed by atoms with van der Waals surface area (Å²) in [6, 6.07) is 11.4. The van der Waals surface area contributed by atoms with Crippen LogP contribution < -0.4 is 10.1 Å². The molecule has 0 fully saturated rings. The van der Waals surface area contributed by atoms with E-state index in [1.807, 2.05) is 37.3 Å². The van der Waals surface area contributed by atoms with Gasteiger partial charge in [0.1, 0.15) is 12.4 Å². The highest BCUT2D eigenvalue weighted by molar-refractivity contribution is 6.00. The van der Waals surface area contributed by atoms with Crippen molar-refractivity contribution in [3.63, 3.8) is 0 Å². The van der Waals surface area contributed by atoms with Crippen molar-refractivity contribution in [2.45, 2.75) is 20.0 Å². The van der Waals surface area contributed by atoms with Crippen molar-refractivity contribution >= 4 is 22.5 Å². The van der Waals surface area contributed by atoms with Gasteiger partial charge in [-0.2, -0.15) is 0 Å². The lowest BCUT2D eigenvalue weighted by molar-refractivity contribution is -0.115. The zero-order valence-electron chi connectivity index (χ0n) is 12.8. The molecule has 0 aliphatic carbocycles. The Morgan fingerprint density at radius 3 is 2.87 bits per heavy atom. The minimum absolute atomic E-state index is 0.0543. The minimum atomic E-state index is -0.0543. The van der Waals surface area contributed by atoms with Crippen LogP contribution in [0.5, 0.6) is 5.75 Å². The van der Waals surface area contributed by atoms with Crippen LogP contribution in [0.1, 0.15) is 18.9 Å². The van der Waals surface area contributed by atoms with Crippen LogP contribution >= 0.6 is 0 Å². The molecule has 0 aliphatic rings. The highest BCUT2D eigenvalue weighted by atomic mass is 16.5. The predicted octanol–water partition coefficient (Wildman–Crippen LogP) is 3.56. The van der Waals surface area contributed by atoms with Crippen LogP contribution in [0, 0.1) is 0 Å². The first-order valence-corrected chi connectivity index (χ1v) is 7.46. The molecule has 3 aromatic rings. The summed E-state index contributed by atoms with van der Waals surface area (Å²) in [5.41, 5.74) is 2.40. The van der Waals surface area contributed by atoms with Crippen molar-refractivity contribution in [1.29, 1.82) is 0 Å². The van der Waals surface area contributed by atoms with Gasteiger partial charge in [0.25, 0.3) is 0 Å². The third-order valence-corrected chi connectivity index (χ3v) is 3.40. The van der Waals surface area contributed by atoms with Crippen LogP contribution in [-0.2, 0) is 11.4 Å². The van der Waals surface area contributed by atoms with Crippen LogP contribution in [0.2, 0.25) is 0 Å². The number of ether oxygens (including phenoxy) is 1. The van der Waals surface area contributed by atoms with Crippen LogP contribution in [0.3, 0.4) is 0 Å². The summed E-state index contributed by atoms with van der Waals surface area (Å²) >= 11 is 0. The molecule has 0 aliphatic heterocycles. The van der Waals surface area contributed by atoms with Gasteiger partial charge in [0, 0.05) is 42.0 Å². The van der Waals surface area contributed by atoms with Gasteiger partial charge in [0.05, 0.1) is 11.2 Å². The molecular weight excluding hydrogens is 290 g/mol. The maximum absolute atomic E-state index is 11.7. The lowest BCUT2D eigenvalue weighted by Gasteiger charge is -2.12. The Labute approximate surface area is 134 Å². The fraction of sp³-hybridized carbons (Fsp3) is 0.167. The third kappa shape index (κ3) is 3.63. The van der Waals surface area contributed by atoms with Gasteiger partial charge in [0.2, 0.25) is 5.91 Å². The van der Waals surface area contributed by atoms with Crippen molar-refractivity contribution in [3.8, 4) is 5.75 Å². The maximum atomic E-state index is 11.7. The monoisotopic (exact) mass is 307 g/mol. The van der Waals surface area contributed by atoms with Gasteiger partial charge in [-0.05, 0) is 18.2 Å². The van der Waals surface area contributed by atoms with Crippen molar-refractivity contribution in [2.75, 3.05) is 5.32 Å². The van der Waals surface area contributed by atoms with Gasteiger partial charge in [-0.25, -0.2) is 0 Å². The molecule has 2 aromatic heterocycles. The standard InChI is InChI=1S/C18H17N3O2/c1-2-17(22)21-16-10-15(9-14-6-4-8-20-18(14)16)23-12-13-5-3-7-19-11-13/h3-11H,2,12H2,1H3,(H,21,22). The van der Waals surface area contributed by atoms with Gasteiger partial charge in [-0.1, -0.05) is 19.1 Å². The zero-order chi connectivity index (χ0) is 16.1. The van der Waals surface area contributed by atoms with E-state index in [1.54, 1.807) is 24.7 Å². The molecule has 0 atom stereocenters. The molecule has 0 spiro atoms. The first kappa shape index (κ1) is 15.0. The zero-order valence-corrected chi connectivity index (χ0v) is 12.8. The fourth-order valence-electron chi connectivity index (χ4n) is 2.23. The van der Waals surface area contributed by atoms with Gasteiger partial charge < -0.3 is 10.1 Å². The van der Waals surface area contributed by atoms with Gasteiger partial charge >= 0.3 is 0 Å². The Morgan fingerprint density at radius 1 is 1.22 bits per heavy atom. The number of hydrogen-bond acceptors (Lipinski definition) is 4. The van der Waals surface area contributed by atoms with Crippen LogP contribution in [0.15, 0.2) is 55.0 Å². The molecule has 0 bridgehead atoms. The Kier molecular flexibility index (Phi) is 4.47. The van der Waals surface area contributed by atoms with E-state index in [0.717, 1.165) is 16.5 Å². The smallest absolute Gasteiger partial charge is 0.224 e. The van der Waals surface area contributed by atoms with Crippen LogP contribution in [-0.4, -0.2) is 15.9 Å². The van der Waals surface area contributed by atoms with Gasteiger partial charge in [-0.15, -0.1) is 0 Å². The molecule has 3 rings (SSSR count). The number of pyridine rings is 2. The summed E-state index contributed by atoms with van der Waals surface area (Å²) in [5, 5.41) is 3.80. The van der Waals surface area contributed by atoms with E-state index in [-0.39, 0.29) is 5.91 Å². The van der Waals surface area contributed by atoms with E-state index < -0.39 is 0 Å². The molecule has 0 saturated heterocycles. The van der Waals surface area contributed by atoms with Gasteiger partial charge in [-0.3, -0.25) is 14.8 Å². The number of aromatic nitrogens is 2. The van der Waals surface area contributed by atoms with Crippen molar-refractivity contribution in [1.82, 2.24) is 9.97 Å². The van der Waals surface area contributed by atoms with Crippen molar-refractivity contribution < 1.29 is 9.53 Å².